The number of benzene rings is 1. The number of rotatable bonds is 2. The molecule has 0 aliphatic heterocycles. The van der Waals surface area contributed by atoms with E-state index in [-0.39, 0.29) is 0 Å². The zero-order valence-electron chi connectivity index (χ0n) is 10.8. The van der Waals surface area contributed by atoms with Gasteiger partial charge in [-0.15, -0.1) is 4.68 Å². The van der Waals surface area contributed by atoms with Gasteiger partial charge in [-0.25, -0.2) is 9.97 Å². The number of hydrogen-bond donors (Lipinski definition) is 2. The first-order chi connectivity index (χ1) is 9.68. The van der Waals surface area contributed by atoms with Crippen LogP contribution in [0.5, 0.6) is 0 Å². The second kappa shape index (κ2) is 4.93. The van der Waals surface area contributed by atoms with Gasteiger partial charge in [0.25, 0.3) is 5.16 Å². The van der Waals surface area contributed by atoms with Crippen molar-refractivity contribution in [3.05, 3.63) is 42.7 Å². The predicted octanol–water partition coefficient (Wildman–Crippen LogP) is 1.02. The smallest absolute Gasteiger partial charge is 0.339 e. The fraction of sp³-hybridized carbons (Fsp3) is 0.0769. The SMILES string of the molecule is C[n+]1nc(S)n(-c2ccccc2)c1-c1nccnc1N. The van der Waals surface area contributed by atoms with Crippen molar-refractivity contribution in [2.75, 3.05) is 5.73 Å². The van der Waals surface area contributed by atoms with Gasteiger partial charge in [-0.1, -0.05) is 30.8 Å². The largest absolute Gasteiger partial charge is 0.382 e. The third-order valence-electron chi connectivity index (χ3n) is 2.91. The third kappa shape index (κ3) is 2.01. The summed E-state index contributed by atoms with van der Waals surface area (Å²) in [5, 5.41) is 4.88. The molecule has 0 unspecified atom stereocenters. The Morgan fingerprint density at radius 3 is 2.55 bits per heavy atom. The first-order valence-electron chi connectivity index (χ1n) is 5.99. The first kappa shape index (κ1) is 12.6. The van der Waals surface area contributed by atoms with Crippen LogP contribution in [0.15, 0.2) is 47.9 Å². The topological polar surface area (TPSA) is 73.5 Å². The second-order valence-corrected chi connectivity index (χ2v) is 4.61. The Morgan fingerprint density at radius 1 is 1.15 bits per heavy atom. The normalized spacial score (nSPS) is 10.7. The van der Waals surface area contributed by atoms with Crippen LogP contribution in [-0.2, 0) is 7.05 Å². The summed E-state index contributed by atoms with van der Waals surface area (Å²) in [4.78, 5) is 8.38. The van der Waals surface area contributed by atoms with Crippen molar-refractivity contribution >= 4 is 18.4 Å². The Balaban J connectivity index is 2.30. The number of anilines is 1. The van der Waals surface area contributed by atoms with Crippen LogP contribution in [0.1, 0.15) is 0 Å². The van der Waals surface area contributed by atoms with Crippen LogP contribution >= 0.6 is 12.6 Å². The van der Waals surface area contributed by atoms with E-state index in [0.29, 0.717) is 16.7 Å². The summed E-state index contributed by atoms with van der Waals surface area (Å²) < 4.78 is 3.57. The number of aryl methyl sites for hydroxylation is 1. The molecule has 0 amide bonds. The molecular formula is C13H13N6S+. The maximum Gasteiger partial charge on any atom is 0.339 e. The van der Waals surface area contributed by atoms with E-state index in [1.807, 2.05) is 41.9 Å². The number of aromatic nitrogens is 5. The fourth-order valence-corrected chi connectivity index (χ4v) is 2.41. The van der Waals surface area contributed by atoms with Crippen LogP contribution in [0.4, 0.5) is 5.82 Å². The summed E-state index contributed by atoms with van der Waals surface area (Å²) in [5.41, 5.74) is 7.44. The average molecular weight is 285 g/mol. The number of para-hydroxylation sites is 1. The van der Waals surface area contributed by atoms with Crippen LogP contribution in [0, 0.1) is 0 Å². The van der Waals surface area contributed by atoms with Gasteiger partial charge < -0.3 is 5.73 Å². The van der Waals surface area contributed by atoms with Gasteiger partial charge >= 0.3 is 5.82 Å². The van der Waals surface area contributed by atoms with Crippen molar-refractivity contribution in [1.29, 1.82) is 0 Å². The maximum atomic E-state index is 5.92. The van der Waals surface area contributed by atoms with Crippen LogP contribution in [0.2, 0.25) is 0 Å². The lowest BCUT2D eigenvalue weighted by atomic mass is 10.3. The molecule has 0 bridgehead atoms. The highest BCUT2D eigenvalue weighted by atomic mass is 32.1. The van der Waals surface area contributed by atoms with Gasteiger partial charge in [-0.2, -0.15) is 4.57 Å². The summed E-state index contributed by atoms with van der Waals surface area (Å²) in [6.07, 6.45) is 3.16. The molecule has 0 atom stereocenters. The summed E-state index contributed by atoms with van der Waals surface area (Å²) in [6, 6.07) is 9.79. The van der Waals surface area contributed by atoms with E-state index in [0.717, 1.165) is 11.5 Å². The van der Waals surface area contributed by atoms with Crippen LogP contribution in [0.25, 0.3) is 17.2 Å². The van der Waals surface area contributed by atoms with Gasteiger partial charge in [0.2, 0.25) is 0 Å². The van der Waals surface area contributed by atoms with E-state index in [9.17, 15) is 0 Å². The molecule has 3 aromatic rings. The first-order valence-corrected chi connectivity index (χ1v) is 6.43. The summed E-state index contributed by atoms with van der Waals surface area (Å²) in [5.74, 6) is 1.08. The lowest BCUT2D eigenvalue weighted by molar-refractivity contribution is -0.720. The van der Waals surface area contributed by atoms with Gasteiger partial charge in [0.1, 0.15) is 12.7 Å². The van der Waals surface area contributed by atoms with Crippen molar-refractivity contribution in [2.24, 2.45) is 7.05 Å². The molecule has 3 rings (SSSR count). The van der Waals surface area contributed by atoms with Gasteiger partial charge in [0.15, 0.2) is 11.5 Å². The molecule has 1 aromatic carbocycles. The Labute approximate surface area is 121 Å². The number of nitrogens with zero attached hydrogens (tertiary/aromatic N) is 5. The highest BCUT2D eigenvalue weighted by molar-refractivity contribution is 7.80. The van der Waals surface area contributed by atoms with E-state index in [1.54, 1.807) is 17.1 Å². The number of hydrogen-bond acceptors (Lipinski definition) is 5. The lowest BCUT2D eigenvalue weighted by Crippen LogP contribution is -2.33. The molecule has 100 valence electrons. The zero-order chi connectivity index (χ0) is 14.1. The van der Waals surface area contributed by atoms with Crippen LogP contribution in [0.3, 0.4) is 0 Å². The van der Waals surface area contributed by atoms with Gasteiger partial charge in [-0.3, -0.25) is 0 Å². The van der Waals surface area contributed by atoms with Crippen molar-refractivity contribution in [1.82, 2.24) is 19.6 Å². The summed E-state index contributed by atoms with van der Waals surface area (Å²) in [6.45, 7) is 0. The van der Waals surface area contributed by atoms with Crippen molar-refractivity contribution in [3.63, 3.8) is 0 Å². The molecule has 6 nitrogen and oxygen atoms in total. The maximum absolute atomic E-state index is 5.92. The molecule has 0 radical (unpaired) electrons. The second-order valence-electron chi connectivity index (χ2n) is 4.21. The summed E-state index contributed by atoms with van der Waals surface area (Å²) in [7, 11) is 1.82. The fourth-order valence-electron chi connectivity index (χ4n) is 2.06. The molecule has 0 saturated heterocycles. The van der Waals surface area contributed by atoms with Gasteiger partial charge in [0.05, 0.1) is 0 Å². The van der Waals surface area contributed by atoms with Crippen molar-refractivity contribution in [2.45, 2.75) is 5.16 Å². The molecule has 2 heterocycles. The summed E-state index contributed by atoms with van der Waals surface area (Å²) >= 11 is 4.43. The Bertz CT molecular complexity index is 753. The van der Waals surface area contributed by atoms with Crippen LogP contribution < -0.4 is 10.4 Å². The van der Waals surface area contributed by atoms with E-state index in [4.69, 9.17) is 5.73 Å². The van der Waals surface area contributed by atoms with E-state index >= 15 is 0 Å². The molecule has 0 saturated carbocycles. The highest BCUT2D eigenvalue weighted by Gasteiger charge is 2.28. The third-order valence-corrected chi connectivity index (χ3v) is 3.20. The lowest BCUT2D eigenvalue weighted by Gasteiger charge is -2.02. The minimum absolute atomic E-state index is 0.355. The zero-order valence-corrected chi connectivity index (χ0v) is 11.7. The van der Waals surface area contributed by atoms with E-state index in [1.165, 1.54) is 0 Å². The number of nitrogen functional groups attached to an aromatic ring is 1. The monoisotopic (exact) mass is 285 g/mol. The quantitative estimate of drug-likeness (QED) is 0.545. The molecule has 2 N–H and O–H groups in total. The molecule has 20 heavy (non-hydrogen) atoms. The van der Waals surface area contributed by atoms with Gasteiger partial charge in [0, 0.05) is 12.4 Å². The minimum Gasteiger partial charge on any atom is -0.382 e. The molecule has 2 aromatic heterocycles. The highest BCUT2D eigenvalue weighted by Crippen LogP contribution is 2.24. The van der Waals surface area contributed by atoms with Crippen molar-refractivity contribution < 1.29 is 4.68 Å². The van der Waals surface area contributed by atoms with Crippen LogP contribution in [-0.4, -0.2) is 19.6 Å². The molecule has 0 fully saturated rings. The number of nitrogens with two attached hydrogens (primary N) is 1. The Kier molecular flexibility index (Phi) is 3.11. The Hall–Kier alpha value is -2.41. The van der Waals surface area contributed by atoms with E-state index in [2.05, 4.69) is 27.7 Å². The average Bonchev–Trinajstić information content (AvgIpc) is 2.75. The van der Waals surface area contributed by atoms with E-state index < -0.39 is 0 Å². The predicted molar refractivity (Wildman–Crippen MR) is 77.4 cm³/mol. The molecule has 0 aliphatic rings. The standard InChI is InChI=1S/C13H12N6S/c1-18-12(10-11(14)16-8-7-15-10)19(13(20)17-18)9-5-3-2-4-6-9/h2-8,14H,1H3,(H,17,20)/p+1. The number of thiol groups is 1. The molecule has 7 heteroatoms. The minimum atomic E-state index is 0.355. The molecular weight excluding hydrogens is 272 g/mol. The molecule has 0 aliphatic carbocycles. The Morgan fingerprint density at radius 2 is 1.85 bits per heavy atom. The molecule has 0 spiro atoms. The van der Waals surface area contributed by atoms with Gasteiger partial charge in [-0.05, 0) is 17.2 Å². The van der Waals surface area contributed by atoms with Crippen molar-refractivity contribution in [3.8, 4) is 17.2 Å².